The van der Waals surface area contributed by atoms with Gasteiger partial charge in [0.25, 0.3) is 0 Å². The molecule has 0 aliphatic rings. The Morgan fingerprint density at radius 2 is 2.06 bits per heavy atom. The third-order valence-electron chi connectivity index (χ3n) is 2.63. The van der Waals surface area contributed by atoms with Crippen LogP contribution >= 0.6 is 11.3 Å². The van der Waals surface area contributed by atoms with Gasteiger partial charge < -0.3 is 5.32 Å². The molecule has 1 atom stereocenters. The minimum atomic E-state index is -0.286. The van der Waals surface area contributed by atoms with Crippen LogP contribution in [0, 0.1) is 5.82 Å². The van der Waals surface area contributed by atoms with Gasteiger partial charge in [-0.2, -0.15) is 0 Å². The Labute approximate surface area is 109 Å². The van der Waals surface area contributed by atoms with Crippen molar-refractivity contribution in [1.82, 2.24) is 5.32 Å². The predicted octanol–water partition coefficient (Wildman–Crippen LogP) is 3.31. The second-order valence-corrected chi connectivity index (χ2v) is 5.09. The van der Waals surface area contributed by atoms with Gasteiger partial charge in [0.2, 0.25) is 5.91 Å². The Balaban J connectivity index is 1.91. The molecule has 1 amide bonds. The number of carbonyl (C=O) groups is 1. The van der Waals surface area contributed by atoms with Crippen LogP contribution in [0.2, 0.25) is 0 Å². The minimum absolute atomic E-state index is 0.0120. The number of nitrogens with one attached hydrogen (secondary N) is 1. The first-order valence-corrected chi connectivity index (χ1v) is 6.60. The molecule has 1 heterocycles. The van der Waals surface area contributed by atoms with E-state index in [1.807, 2.05) is 24.4 Å². The Kier molecular flexibility index (Phi) is 4.10. The maximum Gasteiger partial charge on any atom is 0.224 e. The van der Waals surface area contributed by atoms with Crippen molar-refractivity contribution in [3.63, 3.8) is 0 Å². The zero-order valence-corrected chi connectivity index (χ0v) is 10.8. The average Bonchev–Trinajstić information content (AvgIpc) is 2.85. The van der Waals surface area contributed by atoms with E-state index < -0.39 is 0 Å². The van der Waals surface area contributed by atoms with Gasteiger partial charge in [-0.05, 0) is 36.1 Å². The molecule has 4 heteroatoms. The monoisotopic (exact) mass is 263 g/mol. The summed E-state index contributed by atoms with van der Waals surface area (Å²) in [5.74, 6) is -0.339. The standard InChI is InChI=1S/C14H14FNOS/c1-10(13-3-2-8-18-13)16-14(17)9-11-4-6-12(15)7-5-11/h2-8,10H,9H2,1H3,(H,16,17)/t10-/m0/s1. The van der Waals surface area contributed by atoms with Crippen LogP contribution in [0.15, 0.2) is 41.8 Å². The van der Waals surface area contributed by atoms with Crippen molar-refractivity contribution in [2.24, 2.45) is 0 Å². The van der Waals surface area contributed by atoms with Crippen molar-refractivity contribution in [3.8, 4) is 0 Å². The summed E-state index contributed by atoms with van der Waals surface area (Å²) in [5.41, 5.74) is 0.812. The van der Waals surface area contributed by atoms with E-state index in [0.29, 0.717) is 0 Å². The number of carbonyl (C=O) groups excluding carboxylic acids is 1. The molecule has 18 heavy (non-hydrogen) atoms. The molecule has 2 nitrogen and oxygen atoms in total. The second kappa shape index (κ2) is 5.78. The van der Waals surface area contributed by atoms with Crippen LogP contribution in [0.5, 0.6) is 0 Å². The molecule has 0 bridgehead atoms. The van der Waals surface area contributed by atoms with Gasteiger partial charge in [0.1, 0.15) is 5.82 Å². The molecule has 0 aliphatic heterocycles. The first-order valence-electron chi connectivity index (χ1n) is 5.72. The quantitative estimate of drug-likeness (QED) is 0.901. The number of rotatable bonds is 4. The van der Waals surface area contributed by atoms with Gasteiger partial charge in [0, 0.05) is 4.88 Å². The lowest BCUT2D eigenvalue weighted by Crippen LogP contribution is -2.27. The summed E-state index contributed by atoms with van der Waals surface area (Å²) in [7, 11) is 0. The SMILES string of the molecule is C[C@H](NC(=O)Cc1ccc(F)cc1)c1cccs1. The summed E-state index contributed by atoms with van der Waals surface area (Å²) >= 11 is 1.62. The lowest BCUT2D eigenvalue weighted by Gasteiger charge is -2.12. The summed E-state index contributed by atoms with van der Waals surface area (Å²) in [6.07, 6.45) is 0.274. The molecule has 0 saturated heterocycles. The predicted molar refractivity (Wildman–Crippen MR) is 71.0 cm³/mol. The van der Waals surface area contributed by atoms with E-state index in [2.05, 4.69) is 5.32 Å². The fourth-order valence-corrected chi connectivity index (χ4v) is 2.42. The van der Waals surface area contributed by atoms with Gasteiger partial charge in [-0.1, -0.05) is 18.2 Å². The smallest absolute Gasteiger partial charge is 0.224 e. The zero-order chi connectivity index (χ0) is 13.0. The molecule has 0 aliphatic carbocycles. The first-order chi connectivity index (χ1) is 8.65. The van der Waals surface area contributed by atoms with Crippen LogP contribution < -0.4 is 5.32 Å². The lowest BCUT2D eigenvalue weighted by molar-refractivity contribution is -0.121. The Hall–Kier alpha value is -1.68. The van der Waals surface area contributed by atoms with Gasteiger partial charge in [-0.25, -0.2) is 4.39 Å². The topological polar surface area (TPSA) is 29.1 Å². The van der Waals surface area contributed by atoms with Crippen LogP contribution in [0.3, 0.4) is 0 Å². The number of hydrogen-bond acceptors (Lipinski definition) is 2. The average molecular weight is 263 g/mol. The lowest BCUT2D eigenvalue weighted by atomic mass is 10.1. The zero-order valence-electron chi connectivity index (χ0n) is 10.0. The van der Waals surface area contributed by atoms with Crippen molar-refractivity contribution in [1.29, 1.82) is 0 Å². The molecule has 1 aromatic heterocycles. The summed E-state index contributed by atoms with van der Waals surface area (Å²) in [4.78, 5) is 12.9. The van der Waals surface area contributed by atoms with Gasteiger partial charge in [0.05, 0.1) is 12.5 Å². The molecule has 0 saturated carbocycles. The van der Waals surface area contributed by atoms with E-state index in [9.17, 15) is 9.18 Å². The van der Waals surface area contributed by atoms with E-state index in [4.69, 9.17) is 0 Å². The molecular weight excluding hydrogens is 249 g/mol. The number of halogens is 1. The van der Waals surface area contributed by atoms with Gasteiger partial charge >= 0.3 is 0 Å². The Morgan fingerprint density at radius 1 is 1.33 bits per heavy atom. The first kappa shape index (κ1) is 12.8. The molecular formula is C14H14FNOS. The summed E-state index contributed by atoms with van der Waals surface area (Å²) in [6.45, 7) is 1.95. The number of amides is 1. The van der Waals surface area contributed by atoms with E-state index in [0.717, 1.165) is 10.4 Å². The van der Waals surface area contributed by atoms with Crippen molar-refractivity contribution < 1.29 is 9.18 Å². The molecule has 94 valence electrons. The van der Waals surface area contributed by atoms with Gasteiger partial charge in [-0.15, -0.1) is 11.3 Å². The van der Waals surface area contributed by atoms with Crippen LogP contribution in [0.1, 0.15) is 23.4 Å². The fraction of sp³-hybridized carbons (Fsp3) is 0.214. The highest BCUT2D eigenvalue weighted by molar-refractivity contribution is 7.10. The highest BCUT2D eigenvalue weighted by Crippen LogP contribution is 2.18. The molecule has 1 N–H and O–H groups in total. The molecule has 0 spiro atoms. The fourth-order valence-electron chi connectivity index (χ4n) is 1.69. The van der Waals surface area contributed by atoms with Crippen molar-refractivity contribution in [3.05, 3.63) is 58.0 Å². The molecule has 1 aromatic carbocycles. The van der Waals surface area contributed by atoms with Gasteiger partial charge in [-0.3, -0.25) is 4.79 Å². The normalized spacial score (nSPS) is 12.1. The second-order valence-electron chi connectivity index (χ2n) is 4.11. The summed E-state index contributed by atoms with van der Waals surface area (Å²) in [5, 5.41) is 4.91. The van der Waals surface area contributed by atoms with Crippen LogP contribution in [-0.4, -0.2) is 5.91 Å². The minimum Gasteiger partial charge on any atom is -0.348 e. The van der Waals surface area contributed by atoms with Crippen LogP contribution in [0.25, 0.3) is 0 Å². The van der Waals surface area contributed by atoms with E-state index >= 15 is 0 Å². The molecule has 0 unspecified atom stereocenters. The maximum absolute atomic E-state index is 12.7. The largest absolute Gasteiger partial charge is 0.348 e. The summed E-state index contributed by atoms with van der Waals surface area (Å²) in [6, 6.07) is 9.96. The van der Waals surface area contributed by atoms with E-state index in [1.54, 1.807) is 23.5 Å². The van der Waals surface area contributed by atoms with Crippen LogP contribution in [-0.2, 0) is 11.2 Å². The Bertz CT molecular complexity index is 507. The Morgan fingerprint density at radius 3 is 2.67 bits per heavy atom. The molecule has 0 fully saturated rings. The molecule has 2 rings (SSSR count). The number of hydrogen-bond donors (Lipinski definition) is 1. The third kappa shape index (κ3) is 3.40. The van der Waals surface area contributed by atoms with Crippen LogP contribution in [0.4, 0.5) is 4.39 Å². The van der Waals surface area contributed by atoms with Crippen molar-refractivity contribution >= 4 is 17.2 Å². The van der Waals surface area contributed by atoms with E-state index in [1.165, 1.54) is 12.1 Å². The number of benzene rings is 1. The van der Waals surface area contributed by atoms with Crippen molar-refractivity contribution in [2.75, 3.05) is 0 Å². The van der Waals surface area contributed by atoms with Gasteiger partial charge in [0.15, 0.2) is 0 Å². The van der Waals surface area contributed by atoms with Crippen molar-refractivity contribution in [2.45, 2.75) is 19.4 Å². The highest BCUT2D eigenvalue weighted by atomic mass is 32.1. The molecule has 2 aromatic rings. The maximum atomic E-state index is 12.7. The summed E-state index contributed by atoms with van der Waals surface area (Å²) < 4.78 is 12.7. The third-order valence-corrected chi connectivity index (χ3v) is 3.68. The van der Waals surface area contributed by atoms with E-state index in [-0.39, 0.29) is 24.2 Å². The molecule has 0 radical (unpaired) electrons. The number of thiophene rings is 1. The highest BCUT2D eigenvalue weighted by Gasteiger charge is 2.10.